The Bertz CT molecular complexity index is 585. The maximum Gasteiger partial charge on any atom is 0.241 e. The number of carbonyl (C=O) groups excluding carboxylic acids is 2. The van der Waals surface area contributed by atoms with Crippen LogP contribution >= 0.6 is 0 Å². The topological polar surface area (TPSA) is 88.5 Å². The molecule has 7 nitrogen and oxygen atoms in total. The third-order valence-electron chi connectivity index (χ3n) is 3.83. The van der Waals surface area contributed by atoms with E-state index in [2.05, 4.69) is 16.7 Å². The van der Waals surface area contributed by atoms with Gasteiger partial charge in [0.05, 0.1) is 24.7 Å². The SMILES string of the molecule is CNC(=O)CN1CCN(C(=O)CNc2ccc(C#N)cc2)CC1. The van der Waals surface area contributed by atoms with E-state index in [0.29, 0.717) is 38.3 Å². The number of benzene rings is 1. The fourth-order valence-corrected chi connectivity index (χ4v) is 2.39. The van der Waals surface area contributed by atoms with Gasteiger partial charge in [0.25, 0.3) is 0 Å². The van der Waals surface area contributed by atoms with Crippen molar-refractivity contribution in [2.75, 3.05) is 51.6 Å². The van der Waals surface area contributed by atoms with Gasteiger partial charge < -0.3 is 15.5 Å². The van der Waals surface area contributed by atoms with Crippen molar-refractivity contribution in [3.63, 3.8) is 0 Å². The fourth-order valence-electron chi connectivity index (χ4n) is 2.39. The Morgan fingerprint density at radius 2 is 1.83 bits per heavy atom. The first-order valence-electron chi connectivity index (χ1n) is 7.57. The third-order valence-corrected chi connectivity index (χ3v) is 3.83. The van der Waals surface area contributed by atoms with E-state index in [-0.39, 0.29) is 18.4 Å². The van der Waals surface area contributed by atoms with Crippen molar-refractivity contribution in [2.45, 2.75) is 0 Å². The lowest BCUT2D eigenvalue weighted by Gasteiger charge is -2.34. The molecule has 7 heteroatoms. The van der Waals surface area contributed by atoms with Crippen LogP contribution in [0.5, 0.6) is 0 Å². The van der Waals surface area contributed by atoms with E-state index in [1.165, 1.54) is 0 Å². The number of piperazine rings is 1. The van der Waals surface area contributed by atoms with Gasteiger partial charge in [-0.15, -0.1) is 0 Å². The van der Waals surface area contributed by atoms with Crippen molar-refractivity contribution >= 4 is 17.5 Å². The van der Waals surface area contributed by atoms with E-state index >= 15 is 0 Å². The number of nitriles is 1. The van der Waals surface area contributed by atoms with Gasteiger partial charge in [0, 0.05) is 38.9 Å². The lowest BCUT2D eigenvalue weighted by Crippen LogP contribution is -2.51. The van der Waals surface area contributed by atoms with Gasteiger partial charge in [0.1, 0.15) is 0 Å². The Morgan fingerprint density at radius 3 is 2.39 bits per heavy atom. The molecule has 0 spiro atoms. The summed E-state index contributed by atoms with van der Waals surface area (Å²) in [6, 6.07) is 9.05. The van der Waals surface area contributed by atoms with E-state index in [0.717, 1.165) is 5.69 Å². The zero-order valence-corrected chi connectivity index (χ0v) is 13.2. The summed E-state index contributed by atoms with van der Waals surface area (Å²) in [5, 5.41) is 14.4. The van der Waals surface area contributed by atoms with Crippen molar-refractivity contribution in [2.24, 2.45) is 0 Å². The van der Waals surface area contributed by atoms with Crippen molar-refractivity contribution in [1.82, 2.24) is 15.1 Å². The van der Waals surface area contributed by atoms with Crippen LogP contribution in [0.25, 0.3) is 0 Å². The first-order chi connectivity index (χ1) is 11.1. The molecule has 1 saturated heterocycles. The van der Waals surface area contributed by atoms with Crippen molar-refractivity contribution in [3.8, 4) is 6.07 Å². The van der Waals surface area contributed by atoms with Crippen molar-refractivity contribution in [1.29, 1.82) is 5.26 Å². The highest BCUT2D eigenvalue weighted by Gasteiger charge is 2.21. The molecule has 0 aromatic heterocycles. The number of anilines is 1. The maximum absolute atomic E-state index is 12.2. The molecule has 2 amide bonds. The number of carbonyl (C=O) groups is 2. The molecule has 1 aliphatic heterocycles. The minimum atomic E-state index is -0.00717. The Kier molecular flexibility index (Phi) is 5.94. The van der Waals surface area contributed by atoms with Gasteiger partial charge in [-0.3, -0.25) is 14.5 Å². The number of nitrogens with one attached hydrogen (secondary N) is 2. The molecular formula is C16H21N5O2. The van der Waals surface area contributed by atoms with Crippen LogP contribution in [-0.4, -0.2) is 67.9 Å². The predicted octanol–water partition coefficient (Wildman–Crippen LogP) is -0.140. The first-order valence-corrected chi connectivity index (χ1v) is 7.57. The smallest absolute Gasteiger partial charge is 0.241 e. The Hall–Kier alpha value is -2.59. The number of amides is 2. The molecule has 2 N–H and O–H groups in total. The predicted molar refractivity (Wildman–Crippen MR) is 86.7 cm³/mol. The van der Waals surface area contributed by atoms with Crippen LogP contribution in [0.2, 0.25) is 0 Å². The summed E-state index contributed by atoms with van der Waals surface area (Å²) in [4.78, 5) is 27.4. The average Bonchev–Trinajstić information content (AvgIpc) is 2.60. The van der Waals surface area contributed by atoms with Gasteiger partial charge in [-0.05, 0) is 24.3 Å². The number of rotatable bonds is 5. The van der Waals surface area contributed by atoms with Crippen molar-refractivity contribution in [3.05, 3.63) is 29.8 Å². The molecule has 0 saturated carbocycles. The van der Waals surface area contributed by atoms with E-state index in [4.69, 9.17) is 5.26 Å². The van der Waals surface area contributed by atoms with Gasteiger partial charge >= 0.3 is 0 Å². The molecule has 0 aliphatic carbocycles. The van der Waals surface area contributed by atoms with Crippen LogP contribution in [-0.2, 0) is 9.59 Å². The van der Waals surface area contributed by atoms with Crippen LogP contribution in [0, 0.1) is 11.3 Å². The van der Waals surface area contributed by atoms with Crippen LogP contribution < -0.4 is 10.6 Å². The van der Waals surface area contributed by atoms with E-state index in [1.807, 2.05) is 4.90 Å². The van der Waals surface area contributed by atoms with Crippen LogP contribution in [0.3, 0.4) is 0 Å². The highest BCUT2D eigenvalue weighted by molar-refractivity contribution is 5.81. The summed E-state index contributed by atoms with van der Waals surface area (Å²) in [6.07, 6.45) is 0. The zero-order chi connectivity index (χ0) is 16.7. The summed E-state index contributed by atoms with van der Waals surface area (Å²) in [5.74, 6) is 0.0289. The quantitative estimate of drug-likeness (QED) is 0.789. The summed E-state index contributed by atoms with van der Waals surface area (Å²) in [5.41, 5.74) is 1.41. The molecule has 0 atom stereocenters. The Balaban J connectivity index is 1.74. The largest absolute Gasteiger partial charge is 0.376 e. The normalized spacial score (nSPS) is 14.9. The maximum atomic E-state index is 12.2. The zero-order valence-electron chi connectivity index (χ0n) is 13.2. The van der Waals surface area contributed by atoms with Crippen molar-refractivity contribution < 1.29 is 9.59 Å². The summed E-state index contributed by atoms with van der Waals surface area (Å²) in [6.45, 7) is 3.27. The lowest BCUT2D eigenvalue weighted by atomic mass is 10.2. The average molecular weight is 315 g/mol. The Labute approximate surface area is 135 Å². The summed E-state index contributed by atoms with van der Waals surface area (Å²) < 4.78 is 0. The van der Waals surface area contributed by atoms with E-state index in [9.17, 15) is 9.59 Å². The van der Waals surface area contributed by atoms with E-state index in [1.54, 1.807) is 36.2 Å². The second-order valence-electron chi connectivity index (χ2n) is 5.37. The highest BCUT2D eigenvalue weighted by atomic mass is 16.2. The van der Waals surface area contributed by atoms with Gasteiger partial charge in [0.15, 0.2) is 0 Å². The molecule has 23 heavy (non-hydrogen) atoms. The molecule has 0 radical (unpaired) electrons. The van der Waals surface area contributed by atoms with Gasteiger partial charge in [-0.2, -0.15) is 5.26 Å². The standard InChI is InChI=1S/C16H21N5O2/c1-18-15(22)12-20-6-8-21(9-7-20)16(23)11-19-14-4-2-13(10-17)3-5-14/h2-5,19H,6-9,11-12H2,1H3,(H,18,22). The van der Waals surface area contributed by atoms with Gasteiger partial charge in [-0.1, -0.05) is 0 Å². The van der Waals surface area contributed by atoms with Crippen LogP contribution in [0.15, 0.2) is 24.3 Å². The molecule has 1 aromatic carbocycles. The van der Waals surface area contributed by atoms with Gasteiger partial charge in [0.2, 0.25) is 11.8 Å². The number of likely N-dealkylation sites (N-methyl/N-ethyl adjacent to an activating group) is 1. The molecular weight excluding hydrogens is 294 g/mol. The number of hydrogen-bond acceptors (Lipinski definition) is 5. The molecule has 0 bridgehead atoms. The third kappa shape index (κ3) is 4.97. The number of nitrogens with zero attached hydrogens (tertiary/aromatic N) is 3. The molecule has 122 valence electrons. The number of hydrogen-bond donors (Lipinski definition) is 2. The lowest BCUT2D eigenvalue weighted by molar-refractivity contribution is -0.131. The van der Waals surface area contributed by atoms with E-state index < -0.39 is 0 Å². The Morgan fingerprint density at radius 1 is 1.17 bits per heavy atom. The first kappa shape index (κ1) is 16.8. The second kappa shape index (κ2) is 8.15. The summed E-state index contributed by atoms with van der Waals surface area (Å²) in [7, 11) is 1.62. The molecule has 1 heterocycles. The minimum absolute atomic E-state index is 0.00717. The molecule has 0 unspecified atom stereocenters. The molecule has 1 fully saturated rings. The highest BCUT2D eigenvalue weighted by Crippen LogP contribution is 2.09. The van der Waals surface area contributed by atoms with Crippen LogP contribution in [0.1, 0.15) is 5.56 Å². The fraction of sp³-hybridized carbons (Fsp3) is 0.438. The summed E-state index contributed by atoms with van der Waals surface area (Å²) >= 11 is 0. The second-order valence-corrected chi connectivity index (χ2v) is 5.37. The molecule has 2 rings (SSSR count). The minimum Gasteiger partial charge on any atom is -0.376 e. The monoisotopic (exact) mass is 315 g/mol. The molecule has 1 aromatic rings. The van der Waals surface area contributed by atoms with Gasteiger partial charge in [-0.25, -0.2) is 0 Å². The van der Waals surface area contributed by atoms with Crippen LogP contribution in [0.4, 0.5) is 5.69 Å². The molecule has 1 aliphatic rings.